The van der Waals surface area contributed by atoms with E-state index < -0.39 is 0 Å². The van der Waals surface area contributed by atoms with Gasteiger partial charge in [0.1, 0.15) is 12.4 Å². The molecule has 2 atom stereocenters. The fourth-order valence-electron chi connectivity index (χ4n) is 4.85. The molecule has 1 aromatic carbocycles. The number of rotatable bonds is 6. The molecule has 1 saturated heterocycles. The Hall–Kier alpha value is -2.38. The zero-order chi connectivity index (χ0) is 24.6. The molecule has 34 heavy (non-hydrogen) atoms. The van der Waals surface area contributed by atoms with E-state index >= 15 is 0 Å². The molecule has 1 N–H and O–H groups in total. The number of ether oxygens (including phenoxy) is 2. The number of carbonyl (C=O) groups excluding carboxylic acids is 2. The minimum absolute atomic E-state index is 0.0414. The Balaban J connectivity index is 1.78. The highest BCUT2D eigenvalue weighted by Gasteiger charge is 2.32. The summed E-state index contributed by atoms with van der Waals surface area (Å²) < 4.78 is 11.1. The van der Waals surface area contributed by atoms with E-state index in [0.717, 1.165) is 24.3 Å². The van der Waals surface area contributed by atoms with E-state index in [1.165, 1.54) is 0 Å². The van der Waals surface area contributed by atoms with Crippen LogP contribution in [0.2, 0.25) is 0 Å². The molecule has 2 aliphatic rings. The second-order valence-electron chi connectivity index (χ2n) is 10.7. The van der Waals surface area contributed by atoms with Crippen molar-refractivity contribution in [2.75, 3.05) is 53.0 Å². The Morgan fingerprint density at radius 1 is 1.24 bits per heavy atom. The molecule has 2 amide bonds. The number of para-hydroxylation sites is 1. The van der Waals surface area contributed by atoms with Crippen LogP contribution in [0.15, 0.2) is 36.4 Å². The minimum Gasteiger partial charge on any atom is -0.489 e. The molecule has 0 spiro atoms. The number of amides is 2. The van der Waals surface area contributed by atoms with E-state index in [-0.39, 0.29) is 29.1 Å². The summed E-state index contributed by atoms with van der Waals surface area (Å²) >= 11 is 0. The van der Waals surface area contributed by atoms with Gasteiger partial charge in [0.15, 0.2) is 0 Å². The van der Waals surface area contributed by atoms with E-state index in [1.807, 2.05) is 29.2 Å². The molecule has 2 bridgehead atoms. The van der Waals surface area contributed by atoms with Gasteiger partial charge in [-0.25, -0.2) is 0 Å². The van der Waals surface area contributed by atoms with Gasteiger partial charge in [0.05, 0.1) is 13.2 Å². The first kappa shape index (κ1) is 26.2. The molecule has 0 saturated carbocycles. The third kappa shape index (κ3) is 8.13. The summed E-state index contributed by atoms with van der Waals surface area (Å²) in [6, 6.07) is 8.08. The van der Waals surface area contributed by atoms with Crippen LogP contribution in [0.1, 0.15) is 39.2 Å². The Bertz CT molecular complexity index is 849. The van der Waals surface area contributed by atoms with Gasteiger partial charge in [-0.1, -0.05) is 51.1 Å². The van der Waals surface area contributed by atoms with Crippen molar-refractivity contribution >= 4 is 11.8 Å². The van der Waals surface area contributed by atoms with Crippen molar-refractivity contribution in [3.8, 4) is 5.75 Å². The lowest BCUT2D eigenvalue weighted by Gasteiger charge is -2.38. The predicted octanol–water partition coefficient (Wildman–Crippen LogP) is 3.10. The number of fused-ring (bicyclic) bond motifs is 3. The fraction of sp³-hybridized carbons (Fsp3) is 0.630. The van der Waals surface area contributed by atoms with Crippen LogP contribution in [-0.4, -0.2) is 74.7 Å². The van der Waals surface area contributed by atoms with Gasteiger partial charge in [-0.2, -0.15) is 0 Å². The average Bonchev–Trinajstić information content (AvgIpc) is 2.77. The van der Waals surface area contributed by atoms with Crippen molar-refractivity contribution in [3.05, 3.63) is 42.0 Å². The molecule has 0 aliphatic carbocycles. The molecule has 0 radical (unpaired) electrons. The highest BCUT2D eigenvalue weighted by atomic mass is 16.5. The Morgan fingerprint density at radius 2 is 2.03 bits per heavy atom. The molecule has 2 aliphatic heterocycles. The predicted molar refractivity (Wildman–Crippen MR) is 133 cm³/mol. The lowest BCUT2D eigenvalue weighted by atomic mass is 9.82. The first-order valence-electron chi connectivity index (χ1n) is 12.4. The maximum Gasteiger partial charge on any atom is 0.236 e. The molecule has 0 unspecified atom stereocenters. The van der Waals surface area contributed by atoms with Gasteiger partial charge in [-0.05, 0) is 29.7 Å². The van der Waals surface area contributed by atoms with Gasteiger partial charge >= 0.3 is 0 Å². The van der Waals surface area contributed by atoms with Gasteiger partial charge in [0, 0.05) is 51.8 Å². The quantitative estimate of drug-likeness (QED) is 0.510. The summed E-state index contributed by atoms with van der Waals surface area (Å²) in [6.07, 6.45) is 5.45. The SMILES string of the molecule is COCCNC(=O)C[C@@H]1CCN2C[C@@H]1C=CCOc1ccccc1CN(CC(C)(C)C)CC2=O. The molecule has 3 rings (SSSR count). The first-order valence-corrected chi connectivity index (χ1v) is 12.4. The second kappa shape index (κ2) is 12.4. The minimum atomic E-state index is 0.0414. The number of nitrogens with zero attached hydrogens (tertiary/aromatic N) is 2. The molecular weight excluding hydrogens is 430 g/mol. The lowest BCUT2D eigenvalue weighted by molar-refractivity contribution is -0.135. The maximum absolute atomic E-state index is 13.4. The maximum atomic E-state index is 13.4. The van der Waals surface area contributed by atoms with Crippen LogP contribution < -0.4 is 10.1 Å². The number of methoxy groups -OCH3 is 1. The van der Waals surface area contributed by atoms with Gasteiger partial charge < -0.3 is 19.7 Å². The molecule has 2 heterocycles. The number of benzene rings is 1. The van der Waals surface area contributed by atoms with Crippen LogP contribution in [0, 0.1) is 17.3 Å². The largest absolute Gasteiger partial charge is 0.489 e. The van der Waals surface area contributed by atoms with Gasteiger partial charge in [0.2, 0.25) is 11.8 Å². The number of nitrogens with one attached hydrogen (secondary N) is 1. The summed E-state index contributed by atoms with van der Waals surface area (Å²) in [5.74, 6) is 1.38. The van der Waals surface area contributed by atoms with Gasteiger partial charge in [-0.15, -0.1) is 0 Å². The lowest BCUT2D eigenvalue weighted by Crippen LogP contribution is -2.48. The van der Waals surface area contributed by atoms with E-state index in [9.17, 15) is 9.59 Å². The standard InChI is InChI=1S/C27H41N3O4/c1-27(2,3)20-29-17-23-8-5-6-10-24(23)34-14-7-9-22-18-30(26(32)19-29)13-11-21(22)16-25(31)28-12-15-33-4/h5-10,21-22H,11-20H2,1-4H3,(H,28,31)/t21-,22-/m0/s1. The number of carbonyl (C=O) groups is 2. The van der Waals surface area contributed by atoms with Crippen LogP contribution in [0.5, 0.6) is 5.75 Å². The summed E-state index contributed by atoms with van der Waals surface area (Å²) in [7, 11) is 1.62. The smallest absolute Gasteiger partial charge is 0.236 e. The summed E-state index contributed by atoms with van der Waals surface area (Å²) in [5, 5.41) is 2.93. The van der Waals surface area contributed by atoms with Crippen molar-refractivity contribution in [1.82, 2.24) is 15.1 Å². The Labute approximate surface area is 204 Å². The number of hydrogen-bond donors (Lipinski definition) is 1. The van der Waals surface area contributed by atoms with E-state index in [1.54, 1.807) is 7.11 Å². The van der Waals surface area contributed by atoms with Crippen LogP contribution in [0.4, 0.5) is 0 Å². The van der Waals surface area contributed by atoms with Crippen molar-refractivity contribution < 1.29 is 19.1 Å². The van der Waals surface area contributed by atoms with Crippen molar-refractivity contribution in [3.63, 3.8) is 0 Å². The normalized spacial score (nSPS) is 22.1. The molecule has 188 valence electrons. The van der Waals surface area contributed by atoms with E-state index in [4.69, 9.17) is 9.47 Å². The highest BCUT2D eigenvalue weighted by molar-refractivity contribution is 5.79. The highest BCUT2D eigenvalue weighted by Crippen LogP contribution is 2.29. The van der Waals surface area contributed by atoms with Crippen LogP contribution >= 0.6 is 0 Å². The van der Waals surface area contributed by atoms with Crippen molar-refractivity contribution in [2.45, 2.75) is 40.2 Å². The topological polar surface area (TPSA) is 71.1 Å². The zero-order valence-electron chi connectivity index (χ0n) is 21.2. The second-order valence-corrected chi connectivity index (χ2v) is 10.7. The van der Waals surface area contributed by atoms with Crippen LogP contribution in [-0.2, 0) is 20.9 Å². The molecule has 7 nitrogen and oxygen atoms in total. The van der Waals surface area contributed by atoms with E-state index in [0.29, 0.717) is 52.4 Å². The molecule has 1 fully saturated rings. The summed E-state index contributed by atoms with van der Waals surface area (Å²) in [4.78, 5) is 30.0. The van der Waals surface area contributed by atoms with Crippen molar-refractivity contribution in [1.29, 1.82) is 0 Å². The summed E-state index contributed by atoms with van der Waals surface area (Å²) in [5.41, 5.74) is 1.16. The monoisotopic (exact) mass is 471 g/mol. The van der Waals surface area contributed by atoms with Gasteiger partial charge in [-0.3, -0.25) is 14.5 Å². The Kier molecular flexibility index (Phi) is 9.54. The zero-order valence-corrected chi connectivity index (χ0v) is 21.2. The van der Waals surface area contributed by atoms with Crippen LogP contribution in [0.3, 0.4) is 0 Å². The summed E-state index contributed by atoms with van der Waals surface area (Å²) in [6.45, 7) is 11.3. The first-order chi connectivity index (χ1) is 16.2. The molecule has 0 aromatic heterocycles. The van der Waals surface area contributed by atoms with E-state index in [2.05, 4.69) is 43.1 Å². The molecule has 1 aromatic rings. The Morgan fingerprint density at radius 3 is 2.79 bits per heavy atom. The van der Waals surface area contributed by atoms with Gasteiger partial charge in [0.25, 0.3) is 0 Å². The fourth-order valence-corrected chi connectivity index (χ4v) is 4.85. The average molecular weight is 472 g/mol. The number of piperidine rings is 1. The third-order valence-corrected chi connectivity index (χ3v) is 6.38. The molecular formula is C27H41N3O4. The third-order valence-electron chi connectivity index (χ3n) is 6.38. The number of hydrogen-bond acceptors (Lipinski definition) is 5. The van der Waals surface area contributed by atoms with Crippen LogP contribution in [0.25, 0.3) is 0 Å². The molecule has 7 heteroatoms. The van der Waals surface area contributed by atoms with Crippen molar-refractivity contribution in [2.24, 2.45) is 17.3 Å².